The number of H-pyrrole nitrogens is 1. The Morgan fingerprint density at radius 1 is 1.33 bits per heavy atom. The van der Waals surface area contributed by atoms with Crippen LogP contribution in [0.1, 0.15) is 0 Å². The predicted octanol–water partition coefficient (Wildman–Crippen LogP) is 0.121. The van der Waals surface area contributed by atoms with Crippen molar-refractivity contribution in [2.24, 2.45) is 0 Å². The molecule has 0 amide bonds. The van der Waals surface area contributed by atoms with Gasteiger partial charge in [0.25, 0.3) is 0 Å². The summed E-state index contributed by atoms with van der Waals surface area (Å²) in [6, 6.07) is 1.81. The van der Waals surface area contributed by atoms with Gasteiger partial charge in [0.05, 0.1) is 11.6 Å². The maximum absolute atomic E-state index is 5.58. The molecule has 0 bridgehead atoms. The Morgan fingerprint density at radius 3 is 3.07 bits per heavy atom. The SMILES string of the molecule is Nc1nc(-n2cccn2)c2cn[nH]c2n1. The summed E-state index contributed by atoms with van der Waals surface area (Å²) in [6.07, 6.45) is 5.10. The van der Waals surface area contributed by atoms with Gasteiger partial charge in [-0.1, -0.05) is 0 Å². The van der Waals surface area contributed by atoms with E-state index in [0.717, 1.165) is 5.39 Å². The van der Waals surface area contributed by atoms with Gasteiger partial charge in [-0.15, -0.1) is 0 Å². The highest BCUT2D eigenvalue weighted by Crippen LogP contribution is 2.16. The fraction of sp³-hybridized carbons (Fsp3) is 0. The van der Waals surface area contributed by atoms with E-state index >= 15 is 0 Å². The Labute approximate surface area is 84.0 Å². The lowest BCUT2D eigenvalue weighted by Crippen LogP contribution is -2.03. The zero-order valence-electron chi connectivity index (χ0n) is 7.62. The van der Waals surface area contributed by atoms with Gasteiger partial charge in [-0.05, 0) is 6.07 Å². The molecule has 7 nitrogen and oxygen atoms in total. The number of nitrogens with zero attached hydrogens (tertiary/aromatic N) is 5. The highest BCUT2D eigenvalue weighted by molar-refractivity contribution is 5.82. The molecule has 0 aromatic carbocycles. The van der Waals surface area contributed by atoms with Crippen LogP contribution >= 0.6 is 0 Å². The molecule has 3 rings (SSSR count). The lowest BCUT2D eigenvalue weighted by atomic mass is 10.4. The second-order valence-electron chi connectivity index (χ2n) is 2.99. The van der Waals surface area contributed by atoms with Gasteiger partial charge in [0.1, 0.15) is 0 Å². The van der Waals surface area contributed by atoms with Gasteiger partial charge in [0, 0.05) is 12.4 Å². The third-order valence-electron chi connectivity index (χ3n) is 2.03. The predicted molar refractivity (Wildman–Crippen MR) is 53.2 cm³/mol. The standard InChI is InChI=1S/C8H7N7/c9-8-12-6-5(4-10-14-6)7(13-8)15-3-1-2-11-15/h1-4H,(H3,9,10,12,13,14). The third kappa shape index (κ3) is 1.13. The summed E-state index contributed by atoms with van der Waals surface area (Å²) in [6.45, 7) is 0. The fourth-order valence-electron chi connectivity index (χ4n) is 1.41. The minimum Gasteiger partial charge on any atom is -0.368 e. The first kappa shape index (κ1) is 7.92. The van der Waals surface area contributed by atoms with Gasteiger partial charge in [0.15, 0.2) is 11.5 Å². The van der Waals surface area contributed by atoms with E-state index in [9.17, 15) is 0 Å². The number of aromatic amines is 1. The molecule has 3 aromatic heterocycles. The molecule has 3 heterocycles. The average molecular weight is 201 g/mol. The number of fused-ring (bicyclic) bond motifs is 1. The van der Waals surface area contributed by atoms with E-state index in [1.54, 1.807) is 23.3 Å². The normalized spacial score (nSPS) is 10.9. The summed E-state index contributed by atoms with van der Waals surface area (Å²) in [5, 5.41) is 11.5. The van der Waals surface area contributed by atoms with Crippen molar-refractivity contribution in [3.05, 3.63) is 24.7 Å². The van der Waals surface area contributed by atoms with Crippen molar-refractivity contribution < 1.29 is 0 Å². The molecule has 3 aromatic rings. The quantitative estimate of drug-likeness (QED) is 0.582. The Hall–Kier alpha value is -2.44. The van der Waals surface area contributed by atoms with Crippen molar-refractivity contribution in [1.29, 1.82) is 0 Å². The number of hydrogen-bond acceptors (Lipinski definition) is 5. The van der Waals surface area contributed by atoms with E-state index in [4.69, 9.17) is 5.73 Å². The molecule has 0 radical (unpaired) electrons. The number of anilines is 1. The lowest BCUT2D eigenvalue weighted by molar-refractivity contribution is 0.853. The first-order chi connectivity index (χ1) is 7.34. The Bertz CT molecular complexity index is 595. The van der Waals surface area contributed by atoms with Crippen molar-refractivity contribution in [1.82, 2.24) is 29.9 Å². The van der Waals surface area contributed by atoms with Gasteiger partial charge in [-0.3, -0.25) is 5.10 Å². The summed E-state index contributed by atoms with van der Waals surface area (Å²) in [5.74, 6) is 0.813. The van der Waals surface area contributed by atoms with Crippen LogP contribution in [0.3, 0.4) is 0 Å². The van der Waals surface area contributed by atoms with Crippen LogP contribution in [-0.2, 0) is 0 Å². The molecular formula is C8H7N7. The van der Waals surface area contributed by atoms with Crippen LogP contribution in [0.4, 0.5) is 5.95 Å². The van der Waals surface area contributed by atoms with E-state index in [1.165, 1.54) is 0 Å². The summed E-state index contributed by atoms with van der Waals surface area (Å²) in [7, 11) is 0. The molecule has 0 aliphatic carbocycles. The monoisotopic (exact) mass is 201 g/mol. The van der Waals surface area contributed by atoms with Crippen molar-refractivity contribution >= 4 is 17.0 Å². The second-order valence-corrected chi connectivity index (χ2v) is 2.99. The van der Waals surface area contributed by atoms with Crippen LogP contribution in [0.25, 0.3) is 16.9 Å². The van der Waals surface area contributed by atoms with E-state index in [0.29, 0.717) is 11.5 Å². The molecule has 7 heteroatoms. The molecule has 0 unspecified atom stereocenters. The van der Waals surface area contributed by atoms with E-state index in [2.05, 4.69) is 25.3 Å². The van der Waals surface area contributed by atoms with E-state index < -0.39 is 0 Å². The number of nitrogens with one attached hydrogen (secondary N) is 1. The van der Waals surface area contributed by atoms with Crippen LogP contribution in [0.5, 0.6) is 0 Å². The van der Waals surface area contributed by atoms with Crippen LogP contribution in [0, 0.1) is 0 Å². The maximum Gasteiger partial charge on any atom is 0.224 e. The molecule has 0 aliphatic rings. The molecule has 0 spiro atoms. The Balaban J connectivity index is 2.38. The van der Waals surface area contributed by atoms with Gasteiger partial charge in [-0.25, -0.2) is 4.68 Å². The molecule has 0 saturated heterocycles. The highest BCUT2D eigenvalue weighted by Gasteiger charge is 2.09. The maximum atomic E-state index is 5.58. The summed E-state index contributed by atoms with van der Waals surface area (Å²) >= 11 is 0. The van der Waals surface area contributed by atoms with Gasteiger partial charge in [0.2, 0.25) is 5.95 Å². The zero-order valence-corrected chi connectivity index (χ0v) is 7.62. The third-order valence-corrected chi connectivity index (χ3v) is 2.03. The van der Waals surface area contributed by atoms with Crippen LogP contribution in [-0.4, -0.2) is 29.9 Å². The van der Waals surface area contributed by atoms with Crippen molar-refractivity contribution in [3.63, 3.8) is 0 Å². The number of rotatable bonds is 1. The molecule has 15 heavy (non-hydrogen) atoms. The van der Waals surface area contributed by atoms with E-state index in [-0.39, 0.29) is 5.95 Å². The number of aromatic nitrogens is 6. The Kier molecular flexibility index (Phi) is 1.46. The molecule has 0 atom stereocenters. The van der Waals surface area contributed by atoms with Gasteiger partial charge < -0.3 is 5.73 Å². The fourth-order valence-corrected chi connectivity index (χ4v) is 1.41. The van der Waals surface area contributed by atoms with Crippen LogP contribution in [0.2, 0.25) is 0 Å². The van der Waals surface area contributed by atoms with Gasteiger partial charge >= 0.3 is 0 Å². The topological polar surface area (TPSA) is 98.3 Å². The molecule has 0 saturated carbocycles. The molecule has 0 aliphatic heterocycles. The zero-order chi connectivity index (χ0) is 10.3. The minimum absolute atomic E-state index is 0.192. The smallest absolute Gasteiger partial charge is 0.224 e. The average Bonchev–Trinajstić information content (AvgIpc) is 2.86. The molecule has 0 fully saturated rings. The van der Waals surface area contributed by atoms with Crippen molar-refractivity contribution in [2.45, 2.75) is 0 Å². The highest BCUT2D eigenvalue weighted by atomic mass is 15.3. The van der Waals surface area contributed by atoms with Gasteiger partial charge in [-0.2, -0.15) is 20.2 Å². The number of nitrogen functional groups attached to an aromatic ring is 1. The van der Waals surface area contributed by atoms with Crippen LogP contribution in [0.15, 0.2) is 24.7 Å². The number of nitrogens with two attached hydrogens (primary N) is 1. The molecular weight excluding hydrogens is 194 g/mol. The Morgan fingerprint density at radius 2 is 2.27 bits per heavy atom. The molecule has 74 valence electrons. The van der Waals surface area contributed by atoms with Crippen LogP contribution < -0.4 is 5.73 Å². The largest absolute Gasteiger partial charge is 0.368 e. The summed E-state index contributed by atoms with van der Waals surface area (Å²) in [4.78, 5) is 8.14. The molecule has 3 N–H and O–H groups in total. The lowest BCUT2D eigenvalue weighted by Gasteiger charge is -2.01. The van der Waals surface area contributed by atoms with Crippen molar-refractivity contribution in [2.75, 3.05) is 5.73 Å². The summed E-state index contributed by atoms with van der Waals surface area (Å²) < 4.78 is 1.62. The van der Waals surface area contributed by atoms with E-state index in [1.807, 2.05) is 6.07 Å². The number of hydrogen-bond donors (Lipinski definition) is 2. The minimum atomic E-state index is 0.192. The first-order valence-electron chi connectivity index (χ1n) is 4.31. The van der Waals surface area contributed by atoms with Crippen molar-refractivity contribution in [3.8, 4) is 5.82 Å². The first-order valence-corrected chi connectivity index (χ1v) is 4.31. The second kappa shape index (κ2) is 2.77. The summed E-state index contributed by atoms with van der Waals surface area (Å²) in [5.41, 5.74) is 6.18.